The maximum absolute atomic E-state index is 12.7. The molecule has 0 aromatic heterocycles. The van der Waals surface area contributed by atoms with E-state index in [9.17, 15) is 4.79 Å². The predicted molar refractivity (Wildman–Crippen MR) is 83.4 cm³/mol. The summed E-state index contributed by atoms with van der Waals surface area (Å²) in [5, 5.41) is 0. The zero-order valence-electron chi connectivity index (χ0n) is 13.2. The fourth-order valence-corrected chi connectivity index (χ4v) is 3.92. The van der Waals surface area contributed by atoms with Gasteiger partial charge in [-0.25, -0.2) is 0 Å². The van der Waals surface area contributed by atoms with E-state index in [2.05, 4.69) is 11.8 Å². The summed E-state index contributed by atoms with van der Waals surface area (Å²) in [4.78, 5) is 14.9. The molecule has 0 radical (unpaired) electrons. The van der Waals surface area contributed by atoms with Gasteiger partial charge in [-0.05, 0) is 50.9 Å². The Labute approximate surface area is 124 Å². The summed E-state index contributed by atoms with van der Waals surface area (Å²) in [5.41, 5.74) is 5.99. The van der Waals surface area contributed by atoms with E-state index in [0.29, 0.717) is 23.9 Å². The molecule has 2 N–H and O–H groups in total. The van der Waals surface area contributed by atoms with Crippen molar-refractivity contribution in [3.05, 3.63) is 0 Å². The molecule has 2 saturated carbocycles. The van der Waals surface area contributed by atoms with Crippen molar-refractivity contribution >= 4 is 5.91 Å². The summed E-state index contributed by atoms with van der Waals surface area (Å²) < 4.78 is 0. The van der Waals surface area contributed by atoms with Crippen molar-refractivity contribution in [2.45, 2.75) is 89.6 Å². The molecule has 0 heterocycles. The van der Waals surface area contributed by atoms with E-state index in [-0.39, 0.29) is 0 Å². The number of carbonyl (C=O) groups is 1. The minimum Gasteiger partial charge on any atom is -0.340 e. The Bertz CT molecular complexity index is 291. The molecule has 1 amide bonds. The van der Waals surface area contributed by atoms with Crippen LogP contribution in [0.25, 0.3) is 0 Å². The highest BCUT2D eigenvalue weighted by Crippen LogP contribution is 2.29. The average Bonchev–Trinajstić information content (AvgIpc) is 2.47. The molecule has 0 unspecified atom stereocenters. The molecule has 2 fully saturated rings. The lowest BCUT2D eigenvalue weighted by Crippen LogP contribution is -2.45. The van der Waals surface area contributed by atoms with E-state index in [1.807, 2.05) is 0 Å². The first-order chi connectivity index (χ1) is 9.70. The summed E-state index contributed by atoms with van der Waals surface area (Å²) in [6.45, 7) is 3.11. The molecule has 0 spiro atoms. The van der Waals surface area contributed by atoms with E-state index >= 15 is 0 Å². The van der Waals surface area contributed by atoms with E-state index in [1.165, 1.54) is 32.1 Å². The van der Waals surface area contributed by atoms with Gasteiger partial charge < -0.3 is 10.6 Å². The number of nitrogens with two attached hydrogens (primary N) is 1. The molecule has 3 heteroatoms. The third-order valence-corrected chi connectivity index (χ3v) is 5.16. The second kappa shape index (κ2) is 8.02. The number of amides is 1. The summed E-state index contributed by atoms with van der Waals surface area (Å²) >= 11 is 0. The van der Waals surface area contributed by atoms with Crippen LogP contribution in [0.3, 0.4) is 0 Å². The van der Waals surface area contributed by atoms with Gasteiger partial charge in [0.2, 0.25) is 5.91 Å². The van der Waals surface area contributed by atoms with Crippen LogP contribution in [0.1, 0.15) is 77.6 Å². The Kier molecular flexibility index (Phi) is 6.34. The van der Waals surface area contributed by atoms with Crippen molar-refractivity contribution in [1.29, 1.82) is 0 Å². The molecule has 0 bridgehead atoms. The van der Waals surface area contributed by atoms with Gasteiger partial charge in [0.1, 0.15) is 0 Å². The normalized spacial score (nSPS) is 28.3. The number of hydrogen-bond acceptors (Lipinski definition) is 2. The minimum absolute atomic E-state index is 0.364. The Morgan fingerprint density at radius 3 is 2.30 bits per heavy atom. The highest BCUT2D eigenvalue weighted by Gasteiger charge is 2.28. The first-order valence-electron chi connectivity index (χ1n) is 8.75. The quantitative estimate of drug-likeness (QED) is 0.838. The molecule has 2 aliphatic carbocycles. The summed E-state index contributed by atoms with van der Waals surface area (Å²) in [6, 6.07) is 0.828. The maximum Gasteiger partial charge on any atom is 0.223 e. The second-order valence-corrected chi connectivity index (χ2v) is 6.86. The van der Waals surface area contributed by atoms with E-state index in [4.69, 9.17) is 5.73 Å². The van der Waals surface area contributed by atoms with E-state index in [1.54, 1.807) is 0 Å². The van der Waals surface area contributed by atoms with Crippen LogP contribution in [0.2, 0.25) is 0 Å². The van der Waals surface area contributed by atoms with Crippen molar-refractivity contribution in [3.8, 4) is 0 Å². The van der Waals surface area contributed by atoms with Crippen LogP contribution >= 0.6 is 0 Å². The third kappa shape index (κ3) is 4.47. The number of rotatable bonds is 5. The minimum atomic E-state index is 0.364. The lowest BCUT2D eigenvalue weighted by molar-refractivity contribution is -0.135. The molecule has 0 atom stereocenters. The van der Waals surface area contributed by atoms with Gasteiger partial charge in [0.05, 0.1) is 0 Å². The van der Waals surface area contributed by atoms with Gasteiger partial charge in [-0.2, -0.15) is 0 Å². The van der Waals surface area contributed by atoms with Crippen molar-refractivity contribution in [3.63, 3.8) is 0 Å². The van der Waals surface area contributed by atoms with Crippen LogP contribution in [0.15, 0.2) is 0 Å². The van der Waals surface area contributed by atoms with Crippen LogP contribution in [-0.4, -0.2) is 29.4 Å². The zero-order chi connectivity index (χ0) is 14.4. The fraction of sp³-hybridized carbons (Fsp3) is 0.941. The SMILES string of the molecule is CCCN(C(=O)CC1CCCCC1)C1CCC(N)CC1. The molecule has 116 valence electrons. The molecular formula is C17H32N2O. The smallest absolute Gasteiger partial charge is 0.223 e. The lowest BCUT2D eigenvalue weighted by atomic mass is 9.85. The van der Waals surface area contributed by atoms with Gasteiger partial charge in [-0.15, -0.1) is 0 Å². The van der Waals surface area contributed by atoms with Gasteiger partial charge in [-0.1, -0.05) is 26.2 Å². The summed E-state index contributed by atoms with van der Waals surface area (Å²) in [6.07, 6.45) is 12.8. The molecule has 0 aromatic rings. The highest BCUT2D eigenvalue weighted by molar-refractivity contribution is 5.76. The number of hydrogen-bond donors (Lipinski definition) is 1. The van der Waals surface area contributed by atoms with Crippen molar-refractivity contribution < 1.29 is 4.79 Å². The van der Waals surface area contributed by atoms with Crippen LogP contribution in [0.4, 0.5) is 0 Å². The first-order valence-corrected chi connectivity index (χ1v) is 8.75. The van der Waals surface area contributed by atoms with Gasteiger partial charge in [0.15, 0.2) is 0 Å². The molecule has 2 rings (SSSR count). The molecular weight excluding hydrogens is 248 g/mol. The lowest BCUT2D eigenvalue weighted by Gasteiger charge is -2.37. The van der Waals surface area contributed by atoms with Crippen molar-refractivity contribution in [2.75, 3.05) is 6.54 Å². The maximum atomic E-state index is 12.7. The van der Waals surface area contributed by atoms with E-state index in [0.717, 1.165) is 45.1 Å². The highest BCUT2D eigenvalue weighted by atomic mass is 16.2. The van der Waals surface area contributed by atoms with Crippen molar-refractivity contribution in [2.24, 2.45) is 11.7 Å². The van der Waals surface area contributed by atoms with Gasteiger partial charge in [0.25, 0.3) is 0 Å². The Hall–Kier alpha value is -0.570. The third-order valence-electron chi connectivity index (χ3n) is 5.16. The molecule has 0 saturated heterocycles. The van der Waals surface area contributed by atoms with Gasteiger partial charge in [-0.3, -0.25) is 4.79 Å². The van der Waals surface area contributed by atoms with Crippen LogP contribution < -0.4 is 5.73 Å². The molecule has 0 aromatic carbocycles. The number of carbonyl (C=O) groups excluding carboxylic acids is 1. The monoisotopic (exact) mass is 280 g/mol. The topological polar surface area (TPSA) is 46.3 Å². The van der Waals surface area contributed by atoms with Crippen LogP contribution in [0, 0.1) is 5.92 Å². The summed E-state index contributed by atoms with van der Waals surface area (Å²) in [7, 11) is 0. The zero-order valence-corrected chi connectivity index (χ0v) is 13.2. The number of nitrogens with zero attached hydrogens (tertiary/aromatic N) is 1. The molecule has 3 nitrogen and oxygen atoms in total. The molecule has 20 heavy (non-hydrogen) atoms. The van der Waals surface area contributed by atoms with Gasteiger partial charge in [0, 0.05) is 25.0 Å². The molecule has 0 aliphatic heterocycles. The Morgan fingerprint density at radius 2 is 1.70 bits per heavy atom. The summed E-state index contributed by atoms with van der Waals surface area (Å²) in [5.74, 6) is 1.07. The molecule has 2 aliphatic rings. The van der Waals surface area contributed by atoms with Crippen LogP contribution in [-0.2, 0) is 4.79 Å². The average molecular weight is 280 g/mol. The predicted octanol–water partition coefficient (Wildman–Crippen LogP) is 3.47. The first kappa shape index (κ1) is 15.8. The van der Waals surface area contributed by atoms with Gasteiger partial charge >= 0.3 is 0 Å². The van der Waals surface area contributed by atoms with E-state index < -0.39 is 0 Å². The standard InChI is InChI=1S/C17H32N2O/c1-2-12-19(16-10-8-15(18)9-11-16)17(20)13-14-6-4-3-5-7-14/h14-16H,2-13,18H2,1H3. The second-order valence-electron chi connectivity index (χ2n) is 6.86. The van der Waals surface area contributed by atoms with Crippen LogP contribution in [0.5, 0.6) is 0 Å². The van der Waals surface area contributed by atoms with Crippen molar-refractivity contribution in [1.82, 2.24) is 4.90 Å². The Morgan fingerprint density at radius 1 is 1.05 bits per heavy atom. The largest absolute Gasteiger partial charge is 0.340 e. The fourth-order valence-electron chi connectivity index (χ4n) is 3.92. The Balaban J connectivity index is 1.87.